The summed E-state index contributed by atoms with van der Waals surface area (Å²) in [7, 11) is -0.616. The van der Waals surface area contributed by atoms with Crippen molar-refractivity contribution < 1.29 is 13.2 Å². The second kappa shape index (κ2) is 8.43. The van der Waals surface area contributed by atoms with Gasteiger partial charge in [-0.25, -0.2) is 22.9 Å². The van der Waals surface area contributed by atoms with Gasteiger partial charge in [0.25, 0.3) is 15.6 Å². The number of rotatable bonds is 8. The molecule has 0 bridgehead atoms. The van der Waals surface area contributed by atoms with Crippen LogP contribution in [-0.2, 0) is 30.2 Å². The summed E-state index contributed by atoms with van der Waals surface area (Å²) in [5.74, 6) is 0.381. The van der Waals surface area contributed by atoms with Crippen molar-refractivity contribution in [3.8, 4) is 5.88 Å². The van der Waals surface area contributed by atoms with E-state index in [1.807, 2.05) is 6.92 Å². The van der Waals surface area contributed by atoms with Crippen LogP contribution in [0.2, 0.25) is 0 Å². The SMILES string of the molecule is COc1cc(Cn2c(=O)n(Cc3cnn(C)c3)c(=O)c3cc(S(=O)(=O)NC4(C)CC4)sc32)ccn1. The highest BCUT2D eigenvalue weighted by atomic mass is 32.2. The fraction of sp³-hybridized carbons (Fsp3) is 0.364. The lowest BCUT2D eigenvalue weighted by Crippen LogP contribution is -2.40. The lowest BCUT2D eigenvalue weighted by atomic mass is 10.2. The zero-order valence-corrected chi connectivity index (χ0v) is 21.0. The molecule has 0 aromatic carbocycles. The number of hydrogen-bond donors (Lipinski definition) is 1. The van der Waals surface area contributed by atoms with Gasteiger partial charge in [0.1, 0.15) is 9.04 Å². The molecule has 0 atom stereocenters. The molecule has 1 aliphatic carbocycles. The molecule has 1 saturated carbocycles. The third kappa shape index (κ3) is 4.54. The number of pyridine rings is 1. The van der Waals surface area contributed by atoms with Crippen LogP contribution in [-0.4, -0.2) is 45.0 Å². The number of sulfonamides is 1. The Bertz CT molecular complexity index is 1660. The summed E-state index contributed by atoms with van der Waals surface area (Å²) in [5, 5.41) is 4.27. The second-order valence-electron chi connectivity index (χ2n) is 8.94. The van der Waals surface area contributed by atoms with E-state index in [0.29, 0.717) is 21.8 Å². The molecule has 0 spiro atoms. The summed E-state index contributed by atoms with van der Waals surface area (Å²) in [6, 6.07) is 4.78. The van der Waals surface area contributed by atoms with Crippen molar-refractivity contribution in [1.29, 1.82) is 0 Å². The number of hydrogen-bond acceptors (Lipinski definition) is 8. The van der Waals surface area contributed by atoms with E-state index in [4.69, 9.17) is 4.74 Å². The molecule has 0 unspecified atom stereocenters. The highest BCUT2D eigenvalue weighted by Gasteiger charge is 2.41. The maximum Gasteiger partial charge on any atom is 0.332 e. The van der Waals surface area contributed by atoms with E-state index < -0.39 is 26.8 Å². The Morgan fingerprint density at radius 2 is 1.91 bits per heavy atom. The molecule has 4 aromatic rings. The normalized spacial score (nSPS) is 14.9. The molecule has 184 valence electrons. The number of fused-ring (bicyclic) bond motifs is 1. The smallest absolute Gasteiger partial charge is 0.332 e. The number of thiophene rings is 1. The lowest BCUT2D eigenvalue weighted by molar-refractivity contribution is 0.397. The Balaban J connectivity index is 1.68. The van der Waals surface area contributed by atoms with Crippen molar-refractivity contribution in [3.63, 3.8) is 0 Å². The van der Waals surface area contributed by atoms with Crippen molar-refractivity contribution in [3.05, 3.63) is 68.8 Å². The van der Waals surface area contributed by atoms with E-state index >= 15 is 0 Å². The molecule has 1 N–H and O–H groups in total. The highest BCUT2D eigenvalue weighted by molar-refractivity contribution is 7.91. The summed E-state index contributed by atoms with van der Waals surface area (Å²) < 4.78 is 38.1. The van der Waals surface area contributed by atoms with E-state index in [2.05, 4.69) is 14.8 Å². The van der Waals surface area contributed by atoms with Crippen molar-refractivity contribution in [2.24, 2.45) is 7.05 Å². The van der Waals surface area contributed by atoms with Crippen LogP contribution in [0.25, 0.3) is 10.2 Å². The van der Waals surface area contributed by atoms with Crippen LogP contribution in [0.3, 0.4) is 0 Å². The number of ether oxygens (including phenoxy) is 1. The van der Waals surface area contributed by atoms with Gasteiger partial charge >= 0.3 is 5.69 Å². The number of nitrogens with zero attached hydrogens (tertiary/aromatic N) is 5. The van der Waals surface area contributed by atoms with Gasteiger partial charge in [0, 0.05) is 36.6 Å². The maximum atomic E-state index is 13.6. The summed E-state index contributed by atoms with van der Waals surface area (Å²) in [6.07, 6.45) is 6.37. The minimum absolute atomic E-state index is 0.00249. The van der Waals surface area contributed by atoms with Crippen molar-refractivity contribution in [2.75, 3.05) is 7.11 Å². The zero-order chi connectivity index (χ0) is 25.0. The van der Waals surface area contributed by atoms with Gasteiger partial charge in [0.05, 0.1) is 31.8 Å². The predicted molar refractivity (Wildman–Crippen MR) is 131 cm³/mol. The molecule has 5 rings (SSSR count). The van der Waals surface area contributed by atoms with E-state index in [1.54, 1.807) is 42.5 Å². The summed E-state index contributed by atoms with van der Waals surface area (Å²) in [4.78, 5) is 31.3. The van der Waals surface area contributed by atoms with Crippen LogP contribution in [0.15, 0.2) is 50.6 Å². The standard InChI is InChI=1S/C22H24N6O5S2/c1-22(5-6-22)25-35(31,32)18-9-16-19(29)27(13-15-10-24-26(2)11-15)21(30)28(20(16)34-18)12-14-4-7-23-17(8-14)33-3/h4,7-11,25H,5-6,12-13H2,1-3H3. The molecule has 13 heteroatoms. The molecule has 1 aliphatic rings. The zero-order valence-electron chi connectivity index (χ0n) is 19.4. The van der Waals surface area contributed by atoms with Crippen LogP contribution < -0.4 is 20.7 Å². The van der Waals surface area contributed by atoms with Gasteiger partial charge in [-0.1, -0.05) is 0 Å². The van der Waals surface area contributed by atoms with Crippen LogP contribution >= 0.6 is 11.3 Å². The van der Waals surface area contributed by atoms with Crippen molar-refractivity contribution in [1.82, 2.24) is 28.6 Å². The fourth-order valence-corrected chi connectivity index (χ4v) is 6.74. The quantitative estimate of drug-likeness (QED) is 0.373. The Hall–Kier alpha value is -3.29. The molecule has 0 radical (unpaired) electrons. The Labute approximate surface area is 204 Å². The number of nitrogens with one attached hydrogen (secondary N) is 1. The van der Waals surface area contributed by atoms with E-state index in [9.17, 15) is 18.0 Å². The van der Waals surface area contributed by atoms with Crippen LogP contribution in [0.5, 0.6) is 5.88 Å². The monoisotopic (exact) mass is 516 g/mol. The first-order chi connectivity index (χ1) is 16.6. The van der Waals surface area contributed by atoms with Crippen LogP contribution in [0, 0.1) is 0 Å². The first-order valence-electron chi connectivity index (χ1n) is 10.9. The van der Waals surface area contributed by atoms with Gasteiger partial charge < -0.3 is 4.74 Å². The molecule has 0 amide bonds. The lowest BCUT2D eigenvalue weighted by Gasteiger charge is -2.12. The van der Waals surface area contributed by atoms with Gasteiger partial charge in [-0.15, -0.1) is 11.3 Å². The largest absolute Gasteiger partial charge is 0.481 e. The molecule has 0 aliphatic heterocycles. The van der Waals surface area contributed by atoms with Crippen LogP contribution in [0.4, 0.5) is 0 Å². The minimum Gasteiger partial charge on any atom is -0.481 e. The third-order valence-electron chi connectivity index (χ3n) is 5.97. The molecule has 11 nitrogen and oxygen atoms in total. The molecular formula is C22H24N6O5S2. The second-order valence-corrected chi connectivity index (χ2v) is 11.9. The summed E-state index contributed by atoms with van der Waals surface area (Å²) in [6.45, 7) is 1.95. The third-order valence-corrected chi connectivity index (χ3v) is 9.24. The molecule has 4 heterocycles. The maximum absolute atomic E-state index is 13.6. The molecule has 35 heavy (non-hydrogen) atoms. The summed E-state index contributed by atoms with van der Waals surface area (Å²) in [5.41, 5.74) is -0.173. The first kappa shape index (κ1) is 23.5. The summed E-state index contributed by atoms with van der Waals surface area (Å²) >= 11 is 0.912. The topological polar surface area (TPSA) is 130 Å². The first-order valence-corrected chi connectivity index (χ1v) is 13.2. The van der Waals surface area contributed by atoms with Gasteiger partial charge in [0.2, 0.25) is 5.88 Å². The number of aryl methyl sites for hydroxylation is 1. The fourth-order valence-electron chi connectivity index (χ4n) is 3.83. The average molecular weight is 517 g/mol. The van der Waals surface area contributed by atoms with Gasteiger partial charge in [-0.05, 0) is 37.5 Å². The minimum atomic E-state index is -3.85. The molecule has 4 aromatic heterocycles. The van der Waals surface area contributed by atoms with Crippen LogP contribution in [0.1, 0.15) is 30.9 Å². The predicted octanol–water partition coefficient (Wildman–Crippen LogP) is 1.29. The Morgan fingerprint density at radius 3 is 2.57 bits per heavy atom. The average Bonchev–Trinajstić information content (AvgIpc) is 3.19. The number of aromatic nitrogens is 5. The van der Waals surface area contributed by atoms with Gasteiger partial charge in [-0.3, -0.25) is 18.6 Å². The van der Waals surface area contributed by atoms with Gasteiger partial charge in [0.15, 0.2) is 0 Å². The molecular weight excluding hydrogens is 492 g/mol. The van der Waals surface area contributed by atoms with E-state index in [0.717, 1.165) is 28.7 Å². The Kier molecular flexibility index (Phi) is 5.65. The molecule has 0 saturated heterocycles. The molecule has 1 fully saturated rings. The van der Waals surface area contributed by atoms with E-state index in [1.165, 1.54) is 17.7 Å². The number of methoxy groups -OCH3 is 1. The Morgan fingerprint density at radius 1 is 1.17 bits per heavy atom. The van der Waals surface area contributed by atoms with Crippen molar-refractivity contribution in [2.45, 2.75) is 42.6 Å². The highest BCUT2D eigenvalue weighted by Crippen LogP contribution is 2.37. The van der Waals surface area contributed by atoms with E-state index in [-0.39, 0.29) is 22.7 Å². The van der Waals surface area contributed by atoms with Crippen molar-refractivity contribution >= 4 is 31.6 Å². The van der Waals surface area contributed by atoms with Gasteiger partial charge in [-0.2, -0.15) is 5.10 Å².